The van der Waals surface area contributed by atoms with Gasteiger partial charge in [0, 0.05) is 11.4 Å². The Morgan fingerprint density at radius 3 is 2.68 bits per heavy atom. The molecule has 0 aliphatic carbocycles. The molecule has 0 saturated carbocycles. The van der Waals surface area contributed by atoms with Crippen molar-refractivity contribution in [3.05, 3.63) is 23.8 Å². The molecule has 0 radical (unpaired) electrons. The third-order valence-electron chi connectivity index (χ3n) is 2.47. The number of nitrogens with one attached hydrogen (secondary N) is 2. The molecule has 4 N–H and O–H groups in total. The Kier molecular flexibility index (Phi) is 5.66. The van der Waals surface area contributed by atoms with Crippen LogP contribution in [0.15, 0.2) is 18.2 Å². The topological polar surface area (TPSA) is 93.4 Å². The second-order valence-electron chi connectivity index (χ2n) is 4.13. The van der Waals surface area contributed by atoms with Crippen LogP contribution in [0.2, 0.25) is 0 Å². The first kappa shape index (κ1) is 14.8. The van der Waals surface area contributed by atoms with Gasteiger partial charge in [-0.3, -0.25) is 5.32 Å². The number of ether oxygens (including phenoxy) is 1. The van der Waals surface area contributed by atoms with Gasteiger partial charge < -0.3 is 15.8 Å². The quantitative estimate of drug-likeness (QED) is 0.714. The molecule has 0 atom stereocenters. The zero-order valence-electron chi connectivity index (χ0n) is 11.2. The first-order valence-electron chi connectivity index (χ1n) is 6.13. The Labute approximate surface area is 112 Å². The standard InChI is InChI=1S/C13H19N3O3/c1-3-4-7-19-13(18)15-10-6-5-9(2)11(8-10)16-12(14)17/h5-6,8H,3-4,7H2,1-2H3,(H,15,18)(H3,14,16,17). The van der Waals surface area contributed by atoms with Gasteiger partial charge in [-0.05, 0) is 31.0 Å². The van der Waals surface area contributed by atoms with E-state index in [1.165, 1.54) is 0 Å². The fourth-order valence-electron chi connectivity index (χ4n) is 1.43. The van der Waals surface area contributed by atoms with Gasteiger partial charge in [0.1, 0.15) is 0 Å². The Bertz CT molecular complexity index is 460. The highest BCUT2D eigenvalue weighted by atomic mass is 16.5. The first-order chi connectivity index (χ1) is 9.02. The number of carbonyl (C=O) groups excluding carboxylic acids is 2. The third-order valence-corrected chi connectivity index (χ3v) is 2.47. The Morgan fingerprint density at radius 1 is 1.32 bits per heavy atom. The van der Waals surface area contributed by atoms with E-state index in [1.807, 2.05) is 13.8 Å². The van der Waals surface area contributed by atoms with E-state index < -0.39 is 12.1 Å². The minimum Gasteiger partial charge on any atom is -0.449 e. The molecule has 0 heterocycles. The molecule has 1 aromatic carbocycles. The van der Waals surface area contributed by atoms with Crippen LogP contribution in [-0.2, 0) is 4.74 Å². The van der Waals surface area contributed by atoms with E-state index in [0.29, 0.717) is 18.0 Å². The average Bonchev–Trinajstić information content (AvgIpc) is 2.33. The molecular formula is C13H19N3O3. The van der Waals surface area contributed by atoms with Crippen molar-refractivity contribution in [3.8, 4) is 0 Å². The predicted molar refractivity (Wildman–Crippen MR) is 74.3 cm³/mol. The molecule has 0 spiro atoms. The van der Waals surface area contributed by atoms with Crippen molar-refractivity contribution >= 4 is 23.5 Å². The van der Waals surface area contributed by atoms with Gasteiger partial charge in [0.25, 0.3) is 0 Å². The summed E-state index contributed by atoms with van der Waals surface area (Å²) in [5.41, 5.74) is 7.01. The lowest BCUT2D eigenvalue weighted by molar-refractivity contribution is 0.160. The third kappa shape index (κ3) is 5.29. The van der Waals surface area contributed by atoms with E-state index in [9.17, 15) is 9.59 Å². The van der Waals surface area contributed by atoms with Crippen LogP contribution >= 0.6 is 0 Å². The molecule has 104 valence electrons. The van der Waals surface area contributed by atoms with Crippen molar-refractivity contribution < 1.29 is 14.3 Å². The Balaban J connectivity index is 2.63. The molecule has 3 amide bonds. The van der Waals surface area contributed by atoms with Gasteiger partial charge in [-0.15, -0.1) is 0 Å². The van der Waals surface area contributed by atoms with Crippen LogP contribution in [0.1, 0.15) is 25.3 Å². The van der Waals surface area contributed by atoms with Crippen LogP contribution < -0.4 is 16.4 Å². The molecule has 0 bridgehead atoms. The summed E-state index contributed by atoms with van der Waals surface area (Å²) in [6, 6.07) is 4.47. The maximum Gasteiger partial charge on any atom is 0.411 e. The number of unbranched alkanes of at least 4 members (excludes halogenated alkanes) is 1. The number of benzene rings is 1. The maximum absolute atomic E-state index is 11.5. The summed E-state index contributed by atoms with van der Waals surface area (Å²) in [5.74, 6) is 0. The monoisotopic (exact) mass is 265 g/mol. The number of rotatable bonds is 5. The fourth-order valence-corrected chi connectivity index (χ4v) is 1.43. The van der Waals surface area contributed by atoms with Crippen molar-refractivity contribution in [2.45, 2.75) is 26.7 Å². The van der Waals surface area contributed by atoms with Gasteiger partial charge in [-0.1, -0.05) is 19.4 Å². The number of urea groups is 1. The van der Waals surface area contributed by atoms with Gasteiger partial charge in [0.15, 0.2) is 0 Å². The molecule has 0 aromatic heterocycles. The number of nitrogens with two attached hydrogens (primary N) is 1. The summed E-state index contributed by atoms with van der Waals surface area (Å²) in [7, 11) is 0. The number of anilines is 2. The summed E-state index contributed by atoms with van der Waals surface area (Å²) in [6.45, 7) is 4.23. The summed E-state index contributed by atoms with van der Waals surface area (Å²) in [6.07, 6.45) is 1.28. The number of primary amides is 1. The zero-order chi connectivity index (χ0) is 14.3. The van der Waals surface area contributed by atoms with E-state index in [4.69, 9.17) is 10.5 Å². The highest BCUT2D eigenvalue weighted by Crippen LogP contribution is 2.20. The smallest absolute Gasteiger partial charge is 0.411 e. The number of aryl methyl sites for hydroxylation is 1. The van der Waals surface area contributed by atoms with Crippen LogP contribution in [0, 0.1) is 6.92 Å². The molecule has 0 unspecified atom stereocenters. The van der Waals surface area contributed by atoms with Crippen molar-refractivity contribution in [1.29, 1.82) is 0 Å². The molecule has 0 fully saturated rings. The number of amides is 3. The lowest BCUT2D eigenvalue weighted by atomic mass is 10.2. The highest BCUT2D eigenvalue weighted by molar-refractivity contribution is 5.91. The second-order valence-corrected chi connectivity index (χ2v) is 4.13. The molecule has 19 heavy (non-hydrogen) atoms. The molecule has 6 nitrogen and oxygen atoms in total. The van der Waals surface area contributed by atoms with Crippen LogP contribution in [0.5, 0.6) is 0 Å². The lowest BCUT2D eigenvalue weighted by Gasteiger charge is -2.10. The van der Waals surface area contributed by atoms with E-state index in [2.05, 4.69) is 10.6 Å². The lowest BCUT2D eigenvalue weighted by Crippen LogP contribution is -2.20. The van der Waals surface area contributed by atoms with Crippen molar-refractivity contribution in [1.82, 2.24) is 0 Å². The molecule has 6 heteroatoms. The molecule has 1 aromatic rings. The van der Waals surface area contributed by atoms with Gasteiger partial charge in [-0.2, -0.15) is 0 Å². The van der Waals surface area contributed by atoms with E-state index in [1.54, 1.807) is 18.2 Å². The van der Waals surface area contributed by atoms with Crippen molar-refractivity contribution in [2.24, 2.45) is 5.73 Å². The molecule has 0 saturated heterocycles. The van der Waals surface area contributed by atoms with Gasteiger partial charge in [0.05, 0.1) is 6.61 Å². The highest BCUT2D eigenvalue weighted by Gasteiger charge is 2.06. The van der Waals surface area contributed by atoms with Crippen LogP contribution in [-0.4, -0.2) is 18.7 Å². The van der Waals surface area contributed by atoms with Gasteiger partial charge in [-0.25, -0.2) is 9.59 Å². The molecule has 0 aliphatic rings. The van der Waals surface area contributed by atoms with Crippen molar-refractivity contribution in [2.75, 3.05) is 17.2 Å². The maximum atomic E-state index is 11.5. The van der Waals surface area contributed by atoms with Crippen LogP contribution in [0.3, 0.4) is 0 Å². The SMILES string of the molecule is CCCCOC(=O)Nc1ccc(C)c(NC(N)=O)c1. The fraction of sp³-hybridized carbons (Fsp3) is 0.385. The predicted octanol–water partition coefficient (Wildman–Crippen LogP) is 2.83. The van der Waals surface area contributed by atoms with E-state index >= 15 is 0 Å². The minimum absolute atomic E-state index is 0.389. The summed E-state index contributed by atoms with van der Waals surface area (Å²) in [4.78, 5) is 22.3. The normalized spacial score (nSPS) is 9.79. The van der Waals surface area contributed by atoms with E-state index in [-0.39, 0.29) is 0 Å². The molecule has 0 aliphatic heterocycles. The second kappa shape index (κ2) is 7.25. The number of hydrogen-bond acceptors (Lipinski definition) is 3. The Hall–Kier alpha value is -2.24. The van der Waals surface area contributed by atoms with Crippen LogP contribution in [0.25, 0.3) is 0 Å². The zero-order valence-corrected chi connectivity index (χ0v) is 11.2. The summed E-state index contributed by atoms with van der Waals surface area (Å²) >= 11 is 0. The van der Waals surface area contributed by atoms with Gasteiger partial charge >= 0.3 is 12.1 Å². The summed E-state index contributed by atoms with van der Waals surface area (Å²) < 4.78 is 4.98. The van der Waals surface area contributed by atoms with E-state index in [0.717, 1.165) is 18.4 Å². The largest absolute Gasteiger partial charge is 0.449 e. The number of carbonyl (C=O) groups is 2. The molecule has 1 rings (SSSR count). The van der Waals surface area contributed by atoms with Crippen molar-refractivity contribution in [3.63, 3.8) is 0 Å². The number of hydrogen-bond donors (Lipinski definition) is 3. The minimum atomic E-state index is -0.647. The van der Waals surface area contributed by atoms with Gasteiger partial charge in [0.2, 0.25) is 0 Å². The summed E-state index contributed by atoms with van der Waals surface area (Å²) in [5, 5.41) is 5.07. The van der Waals surface area contributed by atoms with Crippen LogP contribution in [0.4, 0.5) is 21.0 Å². The first-order valence-corrected chi connectivity index (χ1v) is 6.13. The average molecular weight is 265 g/mol. The Morgan fingerprint density at radius 2 is 2.05 bits per heavy atom. The molecular weight excluding hydrogens is 246 g/mol.